The van der Waals surface area contributed by atoms with Crippen molar-refractivity contribution < 1.29 is 18.8 Å². The van der Waals surface area contributed by atoms with Crippen molar-refractivity contribution in [3.8, 4) is 17.2 Å². The van der Waals surface area contributed by atoms with Gasteiger partial charge in [-0.15, -0.1) is 0 Å². The van der Waals surface area contributed by atoms with Gasteiger partial charge in [-0.3, -0.25) is 0 Å². The molecule has 0 saturated heterocycles. The van der Waals surface area contributed by atoms with Crippen LogP contribution in [0.3, 0.4) is 0 Å². The Morgan fingerprint density at radius 2 is 1.94 bits per heavy atom. The van der Waals surface area contributed by atoms with E-state index in [9.17, 15) is 4.79 Å². The van der Waals surface area contributed by atoms with E-state index < -0.39 is 0 Å². The molecule has 1 saturated carbocycles. The number of nitrogens with zero attached hydrogens (tertiary/aromatic N) is 3. The predicted octanol–water partition coefficient (Wildman–Crippen LogP) is 5.82. The van der Waals surface area contributed by atoms with Gasteiger partial charge in [0.25, 0.3) is 0 Å². The van der Waals surface area contributed by atoms with Crippen LogP contribution in [-0.2, 0) is 11.3 Å². The van der Waals surface area contributed by atoms with Crippen LogP contribution < -0.4 is 4.74 Å². The molecule has 2 aromatic rings. The summed E-state index contributed by atoms with van der Waals surface area (Å²) in [5.74, 6) is 1.35. The second-order valence-corrected chi connectivity index (χ2v) is 8.42. The molecular formula is C24H35N3O4. The minimum absolute atomic E-state index is 0.0999. The van der Waals surface area contributed by atoms with Crippen LogP contribution >= 0.6 is 0 Å². The van der Waals surface area contributed by atoms with Gasteiger partial charge in [-0.05, 0) is 58.1 Å². The zero-order valence-electron chi connectivity index (χ0n) is 19.3. The number of carbonyl (C=O) groups is 1. The van der Waals surface area contributed by atoms with E-state index in [1.165, 1.54) is 19.3 Å². The maximum Gasteiger partial charge on any atom is 0.409 e. The third-order valence-corrected chi connectivity index (χ3v) is 5.85. The molecule has 31 heavy (non-hydrogen) atoms. The van der Waals surface area contributed by atoms with Crippen molar-refractivity contribution >= 4 is 6.09 Å². The van der Waals surface area contributed by atoms with Crippen molar-refractivity contribution in [2.75, 3.05) is 13.6 Å². The fourth-order valence-corrected chi connectivity index (χ4v) is 3.86. The highest BCUT2D eigenvalue weighted by Crippen LogP contribution is 2.30. The minimum Gasteiger partial charge on any atom is -0.489 e. The molecule has 0 radical (unpaired) electrons. The maximum atomic E-state index is 12.3. The van der Waals surface area contributed by atoms with Crippen LogP contribution in [0, 0.1) is 13.8 Å². The van der Waals surface area contributed by atoms with Gasteiger partial charge in [-0.1, -0.05) is 31.3 Å². The van der Waals surface area contributed by atoms with E-state index in [4.69, 9.17) is 14.0 Å². The zero-order chi connectivity index (χ0) is 22.2. The smallest absolute Gasteiger partial charge is 0.409 e. The third-order valence-electron chi connectivity index (χ3n) is 5.85. The van der Waals surface area contributed by atoms with E-state index >= 15 is 0 Å². The average molecular weight is 430 g/mol. The van der Waals surface area contributed by atoms with Crippen LogP contribution in [0.2, 0.25) is 0 Å². The van der Waals surface area contributed by atoms with Gasteiger partial charge in [-0.2, -0.15) is 0 Å². The summed E-state index contributed by atoms with van der Waals surface area (Å²) in [6.07, 6.45) is 9.06. The second-order valence-electron chi connectivity index (χ2n) is 8.42. The van der Waals surface area contributed by atoms with Crippen LogP contribution in [-0.4, -0.2) is 40.8 Å². The Bertz CT molecular complexity index is 859. The first-order valence-electron chi connectivity index (χ1n) is 11.5. The monoisotopic (exact) mass is 429 g/mol. The summed E-state index contributed by atoms with van der Waals surface area (Å²) >= 11 is 0. The lowest BCUT2D eigenvalue weighted by Crippen LogP contribution is -2.28. The molecule has 170 valence electrons. The lowest BCUT2D eigenvalue weighted by Gasteiger charge is -2.23. The summed E-state index contributed by atoms with van der Waals surface area (Å²) in [4.78, 5) is 18.6. The molecule has 2 heterocycles. The number of aromatic nitrogens is 2. The Labute approximate surface area is 185 Å². The highest BCUT2D eigenvalue weighted by Gasteiger charge is 2.21. The van der Waals surface area contributed by atoms with Crippen molar-refractivity contribution in [1.29, 1.82) is 0 Å². The molecule has 0 atom stereocenters. The standard InChI is InChI=1S/C24H35N3O4/c1-5-6-10-15-27(4)24(28)29-16-20-17(2)26-31-23(20)21-13-14-22(18(3)25-21)30-19-11-8-7-9-12-19/h13-14,19H,5-12,15-16H2,1-4H3. The van der Waals surface area contributed by atoms with Crippen LogP contribution in [0.5, 0.6) is 5.75 Å². The van der Waals surface area contributed by atoms with Crippen molar-refractivity contribution in [1.82, 2.24) is 15.0 Å². The first-order valence-corrected chi connectivity index (χ1v) is 11.5. The molecular weight excluding hydrogens is 394 g/mol. The molecule has 0 aromatic carbocycles. The van der Waals surface area contributed by atoms with Crippen LogP contribution in [0.15, 0.2) is 16.7 Å². The predicted molar refractivity (Wildman–Crippen MR) is 119 cm³/mol. The van der Waals surface area contributed by atoms with Gasteiger partial charge >= 0.3 is 6.09 Å². The van der Waals surface area contributed by atoms with E-state index in [1.807, 2.05) is 26.0 Å². The van der Waals surface area contributed by atoms with E-state index in [-0.39, 0.29) is 18.8 Å². The number of amides is 1. The number of hydrogen-bond acceptors (Lipinski definition) is 6. The highest BCUT2D eigenvalue weighted by atomic mass is 16.6. The van der Waals surface area contributed by atoms with Crippen LogP contribution in [0.1, 0.15) is 75.2 Å². The maximum absolute atomic E-state index is 12.3. The van der Waals surface area contributed by atoms with Gasteiger partial charge in [0.05, 0.1) is 23.1 Å². The van der Waals surface area contributed by atoms with Gasteiger partial charge in [0.1, 0.15) is 18.1 Å². The highest BCUT2D eigenvalue weighted by molar-refractivity contribution is 5.67. The van der Waals surface area contributed by atoms with Crippen molar-refractivity contribution in [2.45, 2.75) is 84.8 Å². The average Bonchev–Trinajstić information content (AvgIpc) is 3.14. The van der Waals surface area contributed by atoms with Gasteiger partial charge in [-0.25, -0.2) is 9.78 Å². The Morgan fingerprint density at radius 3 is 2.65 bits per heavy atom. The van der Waals surface area contributed by atoms with Crippen molar-refractivity contribution in [2.24, 2.45) is 0 Å². The molecule has 7 heteroatoms. The summed E-state index contributed by atoms with van der Waals surface area (Å²) in [6, 6.07) is 3.83. The summed E-state index contributed by atoms with van der Waals surface area (Å²) in [5, 5.41) is 4.07. The van der Waals surface area contributed by atoms with E-state index in [1.54, 1.807) is 11.9 Å². The number of unbranched alkanes of at least 4 members (excludes halogenated alkanes) is 2. The molecule has 0 N–H and O–H groups in total. The zero-order valence-corrected chi connectivity index (χ0v) is 19.3. The topological polar surface area (TPSA) is 77.7 Å². The number of carbonyl (C=O) groups excluding carboxylic acids is 1. The fraction of sp³-hybridized carbons (Fsp3) is 0.625. The molecule has 1 amide bonds. The number of pyridine rings is 1. The summed E-state index contributed by atoms with van der Waals surface area (Å²) in [7, 11) is 1.76. The Hall–Kier alpha value is -2.57. The second kappa shape index (κ2) is 11.2. The Balaban J connectivity index is 1.65. The lowest BCUT2D eigenvalue weighted by molar-refractivity contribution is 0.104. The first kappa shape index (κ1) is 23.1. The largest absolute Gasteiger partial charge is 0.489 e. The number of ether oxygens (including phenoxy) is 2. The van der Waals surface area contributed by atoms with Crippen molar-refractivity contribution in [3.05, 3.63) is 29.1 Å². The SMILES string of the molecule is CCCCCN(C)C(=O)OCc1c(C)noc1-c1ccc(OC2CCCCC2)c(C)n1. The molecule has 0 unspecified atom stereocenters. The quantitative estimate of drug-likeness (QED) is 0.467. The van der Waals surface area contributed by atoms with Gasteiger partial charge < -0.3 is 18.9 Å². The van der Waals surface area contributed by atoms with Crippen LogP contribution in [0.25, 0.3) is 11.5 Å². The molecule has 1 fully saturated rings. The van der Waals surface area contributed by atoms with Gasteiger partial charge in [0, 0.05) is 13.6 Å². The Kier molecular flexibility index (Phi) is 8.32. The van der Waals surface area contributed by atoms with Gasteiger partial charge in [0.2, 0.25) is 0 Å². The van der Waals surface area contributed by atoms with Gasteiger partial charge in [0.15, 0.2) is 5.76 Å². The molecule has 2 aromatic heterocycles. The number of aryl methyl sites for hydroxylation is 2. The lowest BCUT2D eigenvalue weighted by atomic mass is 9.98. The first-order chi connectivity index (χ1) is 15.0. The molecule has 1 aliphatic carbocycles. The third kappa shape index (κ3) is 6.21. The molecule has 0 spiro atoms. The molecule has 1 aliphatic rings. The molecule has 7 nitrogen and oxygen atoms in total. The Morgan fingerprint density at radius 1 is 1.16 bits per heavy atom. The summed E-state index contributed by atoms with van der Waals surface area (Å²) in [5.41, 5.74) is 2.91. The normalized spacial score (nSPS) is 14.5. The molecule has 0 bridgehead atoms. The molecule has 0 aliphatic heterocycles. The number of hydrogen-bond donors (Lipinski definition) is 0. The molecule has 3 rings (SSSR count). The summed E-state index contributed by atoms with van der Waals surface area (Å²) < 4.78 is 17.2. The summed E-state index contributed by atoms with van der Waals surface area (Å²) in [6.45, 7) is 6.71. The van der Waals surface area contributed by atoms with E-state index in [2.05, 4.69) is 17.1 Å². The van der Waals surface area contributed by atoms with E-state index in [0.29, 0.717) is 23.7 Å². The van der Waals surface area contributed by atoms with Crippen molar-refractivity contribution in [3.63, 3.8) is 0 Å². The van der Waals surface area contributed by atoms with Crippen LogP contribution in [0.4, 0.5) is 4.79 Å². The van der Waals surface area contributed by atoms with E-state index in [0.717, 1.165) is 49.1 Å². The number of rotatable bonds is 9. The fourth-order valence-electron chi connectivity index (χ4n) is 3.86. The minimum atomic E-state index is -0.344.